The molecule has 4 rings (SSSR count). The topological polar surface area (TPSA) is 92.6 Å². The van der Waals surface area contributed by atoms with Gasteiger partial charge in [-0.2, -0.15) is 5.10 Å². The number of aliphatic imine (C=N–C) groups is 1. The number of ether oxygens (including phenoxy) is 1. The zero-order chi connectivity index (χ0) is 23.5. The van der Waals surface area contributed by atoms with Crippen molar-refractivity contribution in [3.63, 3.8) is 0 Å². The summed E-state index contributed by atoms with van der Waals surface area (Å²) in [6.07, 6.45) is 1.71. The standard InChI is InChI=1S/C22H21F3N6O2/c1-31-8-7-18(30-31)28-21-20(29-22(32)27-13-5-3-12(23)4-6-13)15(11-26-21)19-16(24)9-14(33-2)10-17(19)25/h3-10,15,20H,11H2,1-2H3,(H,26,28,30)(H2,27,29,32)/t15-,20-/m0/s1. The molecule has 0 saturated carbocycles. The van der Waals surface area contributed by atoms with Gasteiger partial charge in [-0.25, -0.2) is 18.0 Å². The number of nitrogens with one attached hydrogen (secondary N) is 3. The van der Waals surface area contributed by atoms with Crippen LogP contribution in [0.4, 0.5) is 29.5 Å². The molecule has 0 fully saturated rings. The highest BCUT2D eigenvalue weighted by Crippen LogP contribution is 2.33. The molecule has 2 atom stereocenters. The van der Waals surface area contributed by atoms with Gasteiger partial charge in [0.25, 0.3) is 0 Å². The summed E-state index contributed by atoms with van der Waals surface area (Å²) < 4.78 is 49.3. The Morgan fingerprint density at radius 1 is 1.12 bits per heavy atom. The highest BCUT2D eigenvalue weighted by Gasteiger charge is 2.38. The molecule has 2 aromatic carbocycles. The molecule has 33 heavy (non-hydrogen) atoms. The van der Waals surface area contributed by atoms with Gasteiger partial charge in [-0.15, -0.1) is 0 Å². The predicted octanol–water partition coefficient (Wildman–Crippen LogP) is 3.64. The van der Waals surface area contributed by atoms with Crippen LogP contribution in [0.5, 0.6) is 5.75 Å². The molecule has 0 bridgehead atoms. The summed E-state index contributed by atoms with van der Waals surface area (Å²) in [7, 11) is 3.05. The molecule has 8 nitrogen and oxygen atoms in total. The van der Waals surface area contributed by atoms with Gasteiger partial charge in [0, 0.05) is 48.6 Å². The van der Waals surface area contributed by atoms with E-state index in [9.17, 15) is 18.0 Å². The second kappa shape index (κ2) is 9.23. The minimum absolute atomic E-state index is 0.0246. The number of nitrogens with zero attached hydrogens (tertiary/aromatic N) is 3. The van der Waals surface area contributed by atoms with Crippen LogP contribution in [0.25, 0.3) is 0 Å². The van der Waals surface area contributed by atoms with Gasteiger partial charge in [0.2, 0.25) is 0 Å². The largest absolute Gasteiger partial charge is 0.497 e. The maximum atomic E-state index is 14.8. The number of methoxy groups -OCH3 is 1. The van der Waals surface area contributed by atoms with E-state index >= 15 is 0 Å². The second-order valence-corrected chi connectivity index (χ2v) is 7.42. The number of amidine groups is 1. The van der Waals surface area contributed by atoms with Crippen LogP contribution in [0.3, 0.4) is 0 Å². The zero-order valence-electron chi connectivity index (χ0n) is 17.8. The lowest BCUT2D eigenvalue weighted by molar-refractivity contribution is 0.250. The van der Waals surface area contributed by atoms with E-state index in [2.05, 4.69) is 26.0 Å². The quantitative estimate of drug-likeness (QED) is 0.544. The molecular weight excluding hydrogens is 437 g/mol. The van der Waals surface area contributed by atoms with Crippen molar-refractivity contribution in [1.29, 1.82) is 0 Å². The Labute approximate surface area is 187 Å². The molecule has 1 aromatic heterocycles. The number of hydrogen-bond acceptors (Lipinski definition) is 5. The third-order valence-electron chi connectivity index (χ3n) is 5.17. The van der Waals surface area contributed by atoms with Gasteiger partial charge in [-0.1, -0.05) is 0 Å². The number of carbonyl (C=O) groups excluding carboxylic acids is 1. The SMILES string of the molecule is COc1cc(F)c([C@@H]2CN=C(Nc3ccn(C)n3)[C@H]2NC(=O)Nc2ccc(F)cc2)c(F)c1. The van der Waals surface area contributed by atoms with Gasteiger partial charge in [0.05, 0.1) is 19.7 Å². The number of amides is 2. The van der Waals surface area contributed by atoms with Crippen LogP contribution in [0, 0.1) is 17.5 Å². The fourth-order valence-electron chi connectivity index (χ4n) is 3.62. The maximum absolute atomic E-state index is 14.8. The van der Waals surface area contributed by atoms with Crippen molar-refractivity contribution in [3.8, 4) is 5.75 Å². The van der Waals surface area contributed by atoms with Crippen molar-refractivity contribution < 1.29 is 22.7 Å². The van der Waals surface area contributed by atoms with Crippen molar-refractivity contribution >= 4 is 23.4 Å². The Morgan fingerprint density at radius 2 is 1.82 bits per heavy atom. The van der Waals surface area contributed by atoms with Crippen molar-refractivity contribution in [2.24, 2.45) is 12.0 Å². The molecule has 0 unspecified atom stereocenters. The number of aryl methyl sites for hydroxylation is 1. The number of benzene rings is 2. The van der Waals surface area contributed by atoms with Gasteiger partial charge in [0.1, 0.15) is 29.0 Å². The Morgan fingerprint density at radius 3 is 2.42 bits per heavy atom. The van der Waals surface area contributed by atoms with Crippen molar-refractivity contribution in [2.75, 3.05) is 24.3 Å². The number of anilines is 2. The average Bonchev–Trinajstić information content (AvgIpc) is 3.35. The van der Waals surface area contributed by atoms with E-state index in [1.165, 1.54) is 31.4 Å². The van der Waals surface area contributed by atoms with Crippen LogP contribution in [0.1, 0.15) is 11.5 Å². The summed E-state index contributed by atoms with van der Waals surface area (Å²) >= 11 is 0. The number of hydrogen-bond donors (Lipinski definition) is 3. The first-order valence-corrected chi connectivity index (χ1v) is 10.0. The molecular formula is C22H21F3N6O2. The smallest absolute Gasteiger partial charge is 0.319 e. The van der Waals surface area contributed by atoms with Crippen molar-refractivity contribution in [1.82, 2.24) is 15.1 Å². The van der Waals surface area contributed by atoms with E-state index in [1.54, 1.807) is 24.0 Å². The number of urea groups is 1. The molecule has 0 saturated heterocycles. The average molecular weight is 458 g/mol. The fourth-order valence-corrected chi connectivity index (χ4v) is 3.62. The predicted molar refractivity (Wildman–Crippen MR) is 117 cm³/mol. The molecule has 0 spiro atoms. The molecule has 1 aliphatic heterocycles. The summed E-state index contributed by atoms with van der Waals surface area (Å²) in [4.78, 5) is 17.1. The summed E-state index contributed by atoms with van der Waals surface area (Å²) in [5.74, 6) is -2.11. The number of aromatic nitrogens is 2. The molecule has 2 amide bonds. The van der Waals surface area contributed by atoms with Gasteiger partial charge < -0.3 is 20.7 Å². The van der Waals surface area contributed by atoms with E-state index in [0.29, 0.717) is 17.3 Å². The lowest BCUT2D eigenvalue weighted by atomic mass is 9.91. The van der Waals surface area contributed by atoms with E-state index in [0.717, 1.165) is 12.1 Å². The molecule has 172 valence electrons. The van der Waals surface area contributed by atoms with Crippen LogP contribution in [-0.4, -0.2) is 41.3 Å². The first kappa shape index (κ1) is 22.2. The maximum Gasteiger partial charge on any atom is 0.319 e. The second-order valence-electron chi connectivity index (χ2n) is 7.42. The van der Waals surface area contributed by atoms with E-state index < -0.39 is 35.4 Å². The molecule has 3 N–H and O–H groups in total. The summed E-state index contributed by atoms with van der Waals surface area (Å²) in [5.41, 5.74) is 0.130. The molecule has 3 aromatic rings. The normalized spacial score (nSPS) is 17.4. The Hall–Kier alpha value is -4.02. The van der Waals surface area contributed by atoms with Crippen LogP contribution in [0.15, 0.2) is 53.7 Å². The monoisotopic (exact) mass is 458 g/mol. The zero-order valence-corrected chi connectivity index (χ0v) is 17.8. The van der Waals surface area contributed by atoms with Crippen LogP contribution in [0.2, 0.25) is 0 Å². The van der Waals surface area contributed by atoms with E-state index in [-0.39, 0.29) is 17.9 Å². The summed E-state index contributed by atoms with van der Waals surface area (Å²) in [6.45, 7) is 0.0246. The number of carbonyl (C=O) groups is 1. The van der Waals surface area contributed by atoms with Crippen molar-refractivity contribution in [3.05, 3.63) is 71.7 Å². The number of halogens is 3. The van der Waals surface area contributed by atoms with Gasteiger partial charge in [-0.05, 0) is 24.3 Å². The highest BCUT2D eigenvalue weighted by atomic mass is 19.1. The third-order valence-corrected chi connectivity index (χ3v) is 5.17. The molecule has 11 heteroatoms. The van der Waals surface area contributed by atoms with Crippen LogP contribution in [-0.2, 0) is 7.05 Å². The third kappa shape index (κ3) is 4.92. The summed E-state index contributed by atoms with van der Waals surface area (Å²) in [6, 6.07) is 7.50. The van der Waals surface area contributed by atoms with Crippen LogP contribution >= 0.6 is 0 Å². The first-order valence-electron chi connectivity index (χ1n) is 10.0. The fraction of sp³-hybridized carbons (Fsp3) is 0.227. The lowest BCUT2D eigenvalue weighted by Crippen LogP contribution is -2.47. The van der Waals surface area contributed by atoms with Crippen molar-refractivity contribution in [2.45, 2.75) is 12.0 Å². The minimum Gasteiger partial charge on any atom is -0.497 e. The Bertz CT molecular complexity index is 1170. The lowest BCUT2D eigenvalue weighted by Gasteiger charge is -2.24. The highest BCUT2D eigenvalue weighted by molar-refractivity contribution is 6.04. The minimum atomic E-state index is -0.898. The van der Waals surface area contributed by atoms with Crippen LogP contribution < -0.4 is 20.7 Å². The number of rotatable bonds is 5. The first-order chi connectivity index (χ1) is 15.8. The molecule has 0 aliphatic carbocycles. The molecule has 2 heterocycles. The van der Waals surface area contributed by atoms with Gasteiger partial charge in [0.15, 0.2) is 5.82 Å². The molecule has 1 aliphatic rings. The summed E-state index contributed by atoms with van der Waals surface area (Å²) in [5, 5.41) is 12.5. The molecule has 0 radical (unpaired) electrons. The Balaban J connectivity index is 1.61. The Kier molecular flexibility index (Phi) is 6.20. The van der Waals surface area contributed by atoms with E-state index in [4.69, 9.17) is 4.74 Å². The van der Waals surface area contributed by atoms with E-state index in [1.807, 2.05) is 0 Å². The van der Waals surface area contributed by atoms with Gasteiger partial charge >= 0.3 is 6.03 Å². The van der Waals surface area contributed by atoms with Gasteiger partial charge in [-0.3, -0.25) is 9.67 Å².